The van der Waals surface area contributed by atoms with Crippen LogP contribution in [0.25, 0.3) is 5.69 Å². The smallest absolute Gasteiger partial charge is 0.219 e. The molecule has 2 aromatic heterocycles. The van der Waals surface area contributed by atoms with Crippen molar-refractivity contribution in [2.45, 2.75) is 10.1 Å². The van der Waals surface area contributed by atoms with Gasteiger partial charge in [0.05, 0.1) is 10.6 Å². The quantitative estimate of drug-likeness (QED) is 0.730. The van der Waals surface area contributed by atoms with Gasteiger partial charge in [-0.05, 0) is 46.5 Å². The number of hydrogen-bond acceptors (Lipinski definition) is 6. The number of nitrogens with zero attached hydrogens (tertiary/aromatic N) is 6. The van der Waals surface area contributed by atoms with E-state index in [1.807, 2.05) is 36.4 Å². The number of tetrazole rings is 1. The molecule has 0 spiro atoms. The number of para-hydroxylation sites is 1. The molecule has 7 heteroatoms. The molecule has 0 atom stereocenters. The molecular formula is C13H8N6S. The number of benzene rings is 1. The predicted molar refractivity (Wildman–Crippen MR) is 72.2 cm³/mol. The fourth-order valence-electron chi connectivity index (χ4n) is 1.63. The third-order valence-electron chi connectivity index (χ3n) is 2.52. The Bertz CT molecular complexity index is 762. The minimum atomic E-state index is 0.361. The maximum absolute atomic E-state index is 9.05. The molecule has 6 nitrogen and oxygen atoms in total. The van der Waals surface area contributed by atoms with Crippen LogP contribution in [-0.2, 0) is 0 Å². The minimum absolute atomic E-state index is 0.361. The molecule has 0 N–H and O–H groups in total. The molecule has 0 aliphatic carbocycles. The van der Waals surface area contributed by atoms with Gasteiger partial charge in [0, 0.05) is 6.20 Å². The van der Waals surface area contributed by atoms with E-state index in [-0.39, 0.29) is 0 Å². The van der Waals surface area contributed by atoms with Crippen molar-refractivity contribution in [2.24, 2.45) is 0 Å². The molecule has 0 bridgehead atoms. The summed E-state index contributed by atoms with van der Waals surface area (Å²) in [7, 11) is 0. The molecule has 0 amide bonds. The SMILES string of the molecule is N#Cc1ncccc1Sc1nnnn1-c1ccccc1. The van der Waals surface area contributed by atoms with Crippen molar-refractivity contribution < 1.29 is 0 Å². The highest BCUT2D eigenvalue weighted by molar-refractivity contribution is 7.99. The molecule has 0 saturated carbocycles. The summed E-state index contributed by atoms with van der Waals surface area (Å²) < 4.78 is 1.62. The van der Waals surface area contributed by atoms with Gasteiger partial charge in [-0.3, -0.25) is 0 Å². The fraction of sp³-hybridized carbons (Fsp3) is 0. The molecule has 3 aromatic rings. The van der Waals surface area contributed by atoms with Gasteiger partial charge in [0.15, 0.2) is 5.69 Å². The molecule has 0 saturated heterocycles. The lowest BCUT2D eigenvalue weighted by Gasteiger charge is -2.04. The van der Waals surface area contributed by atoms with Gasteiger partial charge in [0.1, 0.15) is 6.07 Å². The maximum atomic E-state index is 9.05. The summed E-state index contributed by atoms with van der Waals surface area (Å²) in [6, 6.07) is 15.2. The van der Waals surface area contributed by atoms with Gasteiger partial charge in [-0.1, -0.05) is 18.2 Å². The predicted octanol–water partition coefficient (Wildman–Crippen LogP) is 2.08. The van der Waals surface area contributed by atoms with E-state index in [1.165, 1.54) is 11.8 Å². The first-order valence-electron chi connectivity index (χ1n) is 5.75. The van der Waals surface area contributed by atoms with Crippen LogP contribution in [0, 0.1) is 11.3 Å². The number of aromatic nitrogens is 5. The van der Waals surface area contributed by atoms with Gasteiger partial charge in [-0.15, -0.1) is 5.10 Å². The molecule has 3 rings (SSSR count). The lowest BCUT2D eigenvalue weighted by Crippen LogP contribution is -1.98. The Hall–Kier alpha value is -2.72. The van der Waals surface area contributed by atoms with Crippen molar-refractivity contribution >= 4 is 11.8 Å². The molecule has 0 unspecified atom stereocenters. The first-order valence-corrected chi connectivity index (χ1v) is 6.57. The summed E-state index contributed by atoms with van der Waals surface area (Å²) in [4.78, 5) is 4.74. The van der Waals surface area contributed by atoms with Crippen molar-refractivity contribution in [1.82, 2.24) is 25.2 Å². The van der Waals surface area contributed by atoms with Gasteiger partial charge in [-0.2, -0.15) is 9.94 Å². The number of hydrogen-bond donors (Lipinski definition) is 0. The second-order valence-corrected chi connectivity index (χ2v) is 4.78. The average molecular weight is 280 g/mol. The average Bonchev–Trinajstić information content (AvgIpc) is 2.97. The summed E-state index contributed by atoms with van der Waals surface area (Å²) in [5.41, 5.74) is 1.22. The molecule has 0 aliphatic heterocycles. The Labute approximate surface area is 119 Å². The highest BCUT2D eigenvalue weighted by Gasteiger charge is 2.12. The zero-order valence-corrected chi connectivity index (χ0v) is 11.0. The minimum Gasteiger partial charge on any atom is -0.244 e. The van der Waals surface area contributed by atoms with Gasteiger partial charge >= 0.3 is 0 Å². The summed E-state index contributed by atoms with van der Waals surface area (Å²) >= 11 is 1.31. The van der Waals surface area contributed by atoms with E-state index in [0.29, 0.717) is 10.9 Å². The fourth-order valence-corrected chi connectivity index (χ4v) is 2.47. The molecule has 0 radical (unpaired) electrons. The van der Waals surface area contributed by atoms with E-state index in [0.717, 1.165) is 10.6 Å². The lowest BCUT2D eigenvalue weighted by molar-refractivity contribution is 0.756. The van der Waals surface area contributed by atoms with E-state index in [4.69, 9.17) is 5.26 Å². The van der Waals surface area contributed by atoms with E-state index in [2.05, 4.69) is 26.6 Å². The Balaban J connectivity index is 1.98. The topological polar surface area (TPSA) is 80.3 Å². The van der Waals surface area contributed by atoms with Gasteiger partial charge in [0.25, 0.3) is 0 Å². The van der Waals surface area contributed by atoms with Crippen LogP contribution in [0.5, 0.6) is 0 Å². The van der Waals surface area contributed by atoms with E-state index in [9.17, 15) is 0 Å². The Morgan fingerprint density at radius 2 is 1.95 bits per heavy atom. The van der Waals surface area contributed by atoms with Gasteiger partial charge in [-0.25, -0.2) is 4.98 Å². The second-order valence-electron chi connectivity index (χ2n) is 3.77. The van der Waals surface area contributed by atoms with E-state index < -0.39 is 0 Å². The summed E-state index contributed by atoms with van der Waals surface area (Å²) in [6.07, 6.45) is 1.59. The van der Waals surface area contributed by atoms with Crippen molar-refractivity contribution in [3.63, 3.8) is 0 Å². The molecule has 0 fully saturated rings. The third-order valence-corrected chi connectivity index (χ3v) is 3.51. The monoisotopic (exact) mass is 280 g/mol. The number of rotatable bonds is 3. The van der Waals surface area contributed by atoms with Crippen LogP contribution in [0.1, 0.15) is 5.69 Å². The van der Waals surface area contributed by atoms with Crippen LogP contribution < -0.4 is 0 Å². The van der Waals surface area contributed by atoms with Crippen LogP contribution in [0.4, 0.5) is 0 Å². The van der Waals surface area contributed by atoms with Crippen molar-refractivity contribution in [3.8, 4) is 11.8 Å². The Morgan fingerprint density at radius 1 is 1.10 bits per heavy atom. The van der Waals surface area contributed by atoms with Crippen LogP contribution in [0.2, 0.25) is 0 Å². The van der Waals surface area contributed by atoms with Crippen molar-refractivity contribution in [1.29, 1.82) is 5.26 Å². The summed E-state index contributed by atoms with van der Waals surface area (Å²) in [6.45, 7) is 0. The van der Waals surface area contributed by atoms with Gasteiger partial charge < -0.3 is 0 Å². The van der Waals surface area contributed by atoms with Gasteiger partial charge in [0.2, 0.25) is 5.16 Å². The van der Waals surface area contributed by atoms with Crippen molar-refractivity contribution in [2.75, 3.05) is 0 Å². The molecule has 1 aromatic carbocycles. The largest absolute Gasteiger partial charge is 0.244 e. The van der Waals surface area contributed by atoms with Crippen LogP contribution in [-0.4, -0.2) is 25.2 Å². The van der Waals surface area contributed by atoms with Crippen molar-refractivity contribution in [3.05, 3.63) is 54.4 Å². The molecule has 20 heavy (non-hydrogen) atoms. The second kappa shape index (κ2) is 5.50. The van der Waals surface area contributed by atoms with E-state index in [1.54, 1.807) is 16.9 Å². The zero-order chi connectivity index (χ0) is 13.8. The highest BCUT2D eigenvalue weighted by Crippen LogP contribution is 2.28. The summed E-state index contributed by atoms with van der Waals surface area (Å²) in [5.74, 6) is 0. The first kappa shape index (κ1) is 12.3. The normalized spacial score (nSPS) is 10.2. The third kappa shape index (κ3) is 2.37. The first-order chi connectivity index (χ1) is 9.88. The molecular weight excluding hydrogens is 272 g/mol. The number of pyridine rings is 1. The zero-order valence-electron chi connectivity index (χ0n) is 10.2. The number of nitriles is 1. The Kier molecular flexibility index (Phi) is 3.39. The standard InChI is InChI=1S/C13H8N6S/c14-9-11-12(7-4-8-15-11)20-13-16-17-18-19(13)10-5-2-1-3-6-10/h1-8H. The maximum Gasteiger partial charge on any atom is 0.219 e. The van der Waals surface area contributed by atoms with Crippen LogP contribution in [0.3, 0.4) is 0 Å². The summed E-state index contributed by atoms with van der Waals surface area (Å²) in [5, 5.41) is 21.3. The Morgan fingerprint density at radius 3 is 2.75 bits per heavy atom. The van der Waals surface area contributed by atoms with Crippen LogP contribution >= 0.6 is 11.8 Å². The lowest BCUT2D eigenvalue weighted by atomic mass is 10.3. The highest BCUT2D eigenvalue weighted by atomic mass is 32.2. The molecule has 2 heterocycles. The molecule has 0 aliphatic rings. The molecule has 96 valence electrons. The van der Waals surface area contributed by atoms with Crippen LogP contribution in [0.15, 0.2) is 58.7 Å². The van der Waals surface area contributed by atoms with E-state index >= 15 is 0 Å².